The largest absolute Gasteiger partial charge is 0.493 e. The molecule has 3 aromatic carbocycles. The van der Waals surface area contributed by atoms with Crippen LogP contribution in [0.2, 0.25) is 0 Å². The van der Waals surface area contributed by atoms with Gasteiger partial charge < -0.3 is 19.1 Å². The van der Waals surface area contributed by atoms with Gasteiger partial charge in [0.15, 0.2) is 11.5 Å². The Balaban J connectivity index is 1.44. The highest BCUT2D eigenvalue weighted by atomic mass is 16.5. The predicted octanol–water partition coefficient (Wildman–Crippen LogP) is 5.12. The highest BCUT2D eigenvalue weighted by molar-refractivity contribution is 5.99. The molecule has 5 rings (SSSR count). The van der Waals surface area contributed by atoms with Crippen LogP contribution in [0.1, 0.15) is 28.8 Å². The first-order valence-electron chi connectivity index (χ1n) is 13.6. The van der Waals surface area contributed by atoms with Crippen LogP contribution >= 0.6 is 0 Å². The third kappa shape index (κ3) is 6.58. The van der Waals surface area contributed by atoms with Gasteiger partial charge in [0, 0.05) is 36.5 Å². The van der Waals surface area contributed by atoms with Crippen LogP contribution in [0, 0.1) is 6.92 Å². The SMILES string of the molecule is COc1ccc(-n2cc(-c3ccccc3)nc2NC(=O)CN(CC2CCCO2)C(=O)c2ccc(C)cc2)cc1OC. The zero-order chi connectivity index (χ0) is 28.8. The summed E-state index contributed by atoms with van der Waals surface area (Å²) in [7, 11) is 3.15. The molecule has 41 heavy (non-hydrogen) atoms. The molecule has 9 nitrogen and oxygen atoms in total. The van der Waals surface area contributed by atoms with Crippen molar-refractivity contribution in [1.82, 2.24) is 14.5 Å². The van der Waals surface area contributed by atoms with Crippen molar-refractivity contribution in [2.24, 2.45) is 0 Å². The lowest BCUT2D eigenvalue weighted by Gasteiger charge is -2.25. The summed E-state index contributed by atoms with van der Waals surface area (Å²) in [5.74, 6) is 0.869. The van der Waals surface area contributed by atoms with Crippen molar-refractivity contribution in [3.05, 3.63) is 90.1 Å². The van der Waals surface area contributed by atoms with Gasteiger partial charge >= 0.3 is 0 Å². The van der Waals surface area contributed by atoms with Crippen LogP contribution in [-0.4, -0.2) is 66.3 Å². The fourth-order valence-corrected chi connectivity index (χ4v) is 4.86. The van der Waals surface area contributed by atoms with Crippen molar-refractivity contribution in [1.29, 1.82) is 0 Å². The summed E-state index contributed by atoms with van der Waals surface area (Å²) in [6.07, 6.45) is 3.54. The van der Waals surface area contributed by atoms with Crippen molar-refractivity contribution in [3.8, 4) is 28.4 Å². The third-order valence-electron chi connectivity index (χ3n) is 7.04. The number of nitrogens with zero attached hydrogens (tertiary/aromatic N) is 3. The number of methoxy groups -OCH3 is 2. The highest BCUT2D eigenvalue weighted by Gasteiger charge is 2.26. The Kier molecular flexibility index (Phi) is 8.64. The Hall–Kier alpha value is -4.63. The van der Waals surface area contributed by atoms with E-state index >= 15 is 0 Å². The van der Waals surface area contributed by atoms with Gasteiger partial charge in [-0.15, -0.1) is 0 Å². The van der Waals surface area contributed by atoms with Gasteiger partial charge in [-0.1, -0.05) is 48.0 Å². The zero-order valence-corrected chi connectivity index (χ0v) is 23.5. The lowest BCUT2D eigenvalue weighted by atomic mass is 10.1. The molecule has 212 valence electrons. The summed E-state index contributed by atoms with van der Waals surface area (Å²) in [5.41, 5.74) is 3.89. The van der Waals surface area contributed by atoms with Crippen molar-refractivity contribution < 1.29 is 23.8 Å². The summed E-state index contributed by atoms with van der Waals surface area (Å²) >= 11 is 0. The van der Waals surface area contributed by atoms with Crippen molar-refractivity contribution in [2.45, 2.75) is 25.9 Å². The standard InChI is InChI=1S/C32H34N4O5/c1-22-11-13-24(14-12-22)31(38)35(19-26-10-7-17-41-26)21-30(37)34-32-33-27(23-8-5-4-6-9-23)20-36(32)25-15-16-28(39-2)29(18-25)40-3/h4-6,8-9,11-16,18,20,26H,7,10,17,19,21H2,1-3H3,(H,33,34,37). The summed E-state index contributed by atoms with van der Waals surface area (Å²) in [4.78, 5) is 33.3. The second kappa shape index (κ2) is 12.7. The van der Waals surface area contributed by atoms with E-state index in [1.165, 1.54) is 0 Å². The Morgan fingerprint density at radius 3 is 2.46 bits per heavy atom. The molecule has 0 saturated carbocycles. The monoisotopic (exact) mass is 554 g/mol. The average Bonchev–Trinajstić information content (AvgIpc) is 3.67. The summed E-state index contributed by atoms with van der Waals surface area (Å²) < 4.78 is 18.5. The molecular weight excluding hydrogens is 520 g/mol. The minimum absolute atomic E-state index is 0.101. The smallest absolute Gasteiger partial charge is 0.254 e. The van der Waals surface area contributed by atoms with E-state index in [0.29, 0.717) is 41.9 Å². The van der Waals surface area contributed by atoms with Gasteiger partial charge in [0.2, 0.25) is 11.9 Å². The number of carbonyl (C=O) groups is 2. The van der Waals surface area contributed by atoms with Gasteiger partial charge in [0.25, 0.3) is 5.91 Å². The van der Waals surface area contributed by atoms with Gasteiger partial charge in [-0.25, -0.2) is 4.98 Å². The zero-order valence-electron chi connectivity index (χ0n) is 23.5. The molecule has 9 heteroatoms. The number of carbonyl (C=O) groups excluding carboxylic acids is 2. The molecule has 0 aliphatic carbocycles. The quantitative estimate of drug-likeness (QED) is 0.292. The molecule has 0 bridgehead atoms. The van der Waals surface area contributed by atoms with Crippen molar-refractivity contribution in [3.63, 3.8) is 0 Å². The molecule has 1 saturated heterocycles. The first kappa shape index (κ1) is 27.9. The molecule has 0 radical (unpaired) electrons. The Morgan fingerprint density at radius 2 is 1.78 bits per heavy atom. The molecule has 4 aromatic rings. The molecule has 0 spiro atoms. The molecule has 1 aliphatic rings. The molecule has 1 unspecified atom stereocenters. The fourth-order valence-electron chi connectivity index (χ4n) is 4.86. The van der Waals surface area contributed by atoms with Gasteiger partial charge in [0.05, 0.1) is 31.7 Å². The number of imidazole rings is 1. The predicted molar refractivity (Wildman–Crippen MR) is 157 cm³/mol. The number of anilines is 1. The summed E-state index contributed by atoms with van der Waals surface area (Å²) in [6, 6.07) is 22.5. The number of benzene rings is 3. The van der Waals surface area contributed by atoms with Crippen molar-refractivity contribution in [2.75, 3.05) is 39.2 Å². The maximum atomic E-state index is 13.5. The second-order valence-electron chi connectivity index (χ2n) is 9.96. The van der Waals surface area contributed by atoms with Crippen LogP contribution < -0.4 is 14.8 Å². The van der Waals surface area contributed by atoms with Crippen LogP contribution in [0.5, 0.6) is 11.5 Å². The molecule has 1 aliphatic heterocycles. The molecule has 2 heterocycles. The lowest BCUT2D eigenvalue weighted by molar-refractivity contribution is -0.117. The van der Waals surface area contributed by atoms with E-state index in [-0.39, 0.29) is 24.5 Å². The van der Waals surface area contributed by atoms with Crippen molar-refractivity contribution >= 4 is 17.8 Å². The number of aromatic nitrogens is 2. The molecule has 2 amide bonds. The Morgan fingerprint density at radius 1 is 1.02 bits per heavy atom. The maximum absolute atomic E-state index is 13.5. The van der Waals surface area contributed by atoms with E-state index in [4.69, 9.17) is 19.2 Å². The first-order valence-corrected chi connectivity index (χ1v) is 13.6. The molecule has 1 N–H and O–H groups in total. The summed E-state index contributed by atoms with van der Waals surface area (Å²) in [5, 5.41) is 2.94. The van der Waals surface area contributed by atoms with Crippen LogP contribution in [0.25, 0.3) is 16.9 Å². The number of nitrogens with one attached hydrogen (secondary N) is 1. The molecular formula is C32H34N4O5. The molecule has 1 fully saturated rings. The van der Waals surface area contributed by atoms with Crippen LogP contribution in [0.4, 0.5) is 5.95 Å². The van der Waals surface area contributed by atoms with E-state index in [0.717, 1.165) is 29.7 Å². The average molecular weight is 555 g/mol. The topological polar surface area (TPSA) is 94.9 Å². The number of aryl methyl sites for hydroxylation is 1. The fraction of sp³-hybridized carbons (Fsp3) is 0.281. The number of ether oxygens (including phenoxy) is 3. The molecule has 1 aromatic heterocycles. The first-order chi connectivity index (χ1) is 19.9. The number of amides is 2. The number of rotatable bonds is 10. The van der Waals surface area contributed by atoms with E-state index in [2.05, 4.69) is 5.32 Å². The number of hydrogen-bond acceptors (Lipinski definition) is 6. The van der Waals surface area contributed by atoms with Crippen LogP contribution in [-0.2, 0) is 9.53 Å². The second-order valence-corrected chi connectivity index (χ2v) is 9.96. The minimum atomic E-state index is -0.365. The van der Waals surface area contributed by atoms with E-state index < -0.39 is 0 Å². The maximum Gasteiger partial charge on any atom is 0.254 e. The minimum Gasteiger partial charge on any atom is -0.493 e. The Labute approximate surface area is 239 Å². The van der Waals surface area contributed by atoms with Crippen LogP contribution in [0.3, 0.4) is 0 Å². The molecule has 1 atom stereocenters. The highest BCUT2D eigenvalue weighted by Crippen LogP contribution is 2.32. The van der Waals surface area contributed by atoms with Gasteiger partial charge in [-0.05, 0) is 44.0 Å². The Bertz CT molecular complexity index is 1490. The van der Waals surface area contributed by atoms with Gasteiger partial charge in [-0.2, -0.15) is 0 Å². The van der Waals surface area contributed by atoms with Gasteiger partial charge in [0.1, 0.15) is 6.54 Å². The van der Waals surface area contributed by atoms with E-state index in [9.17, 15) is 9.59 Å². The van der Waals surface area contributed by atoms with E-state index in [1.807, 2.05) is 67.7 Å². The van der Waals surface area contributed by atoms with Crippen LogP contribution in [0.15, 0.2) is 79.0 Å². The lowest BCUT2D eigenvalue weighted by Crippen LogP contribution is -2.42. The van der Waals surface area contributed by atoms with Gasteiger partial charge in [-0.3, -0.25) is 19.5 Å². The summed E-state index contributed by atoms with van der Waals surface area (Å²) in [6.45, 7) is 2.82. The normalized spacial score (nSPS) is 14.5. The van der Waals surface area contributed by atoms with E-state index in [1.54, 1.807) is 41.9 Å². The third-order valence-corrected chi connectivity index (χ3v) is 7.04. The number of hydrogen-bond donors (Lipinski definition) is 1.